The fraction of sp³-hybridized carbons (Fsp3) is 0.250. The lowest BCUT2D eigenvalue weighted by atomic mass is 10.1. The molecule has 0 atom stereocenters. The molecular weight excluding hydrogens is 286 g/mol. The maximum atomic E-state index is 12.5. The molecule has 0 radical (unpaired) electrons. The third-order valence-electron chi connectivity index (χ3n) is 3.31. The highest BCUT2D eigenvalue weighted by atomic mass is 35.5. The van der Waals surface area contributed by atoms with Gasteiger partial charge in [0.05, 0.1) is 10.6 Å². The summed E-state index contributed by atoms with van der Waals surface area (Å²) in [5.74, 6) is -0.0726. The molecule has 0 aliphatic heterocycles. The highest BCUT2D eigenvalue weighted by molar-refractivity contribution is 6.34. The van der Waals surface area contributed by atoms with Gasteiger partial charge >= 0.3 is 0 Å². The lowest BCUT2D eigenvalue weighted by Gasteiger charge is -2.21. The molecule has 110 valence electrons. The lowest BCUT2D eigenvalue weighted by Crippen LogP contribution is -2.33. The number of nitrogens with two attached hydrogens (primary N) is 1. The van der Waals surface area contributed by atoms with Gasteiger partial charge in [-0.3, -0.25) is 9.78 Å². The van der Waals surface area contributed by atoms with E-state index in [0.29, 0.717) is 29.4 Å². The van der Waals surface area contributed by atoms with Crippen molar-refractivity contribution in [3.8, 4) is 0 Å². The topological polar surface area (TPSA) is 59.2 Å². The number of pyridine rings is 1. The van der Waals surface area contributed by atoms with Crippen molar-refractivity contribution in [1.82, 2.24) is 9.88 Å². The van der Waals surface area contributed by atoms with E-state index in [1.165, 1.54) is 0 Å². The van der Waals surface area contributed by atoms with Gasteiger partial charge in [0.2, 0.25) is 0 Å². The van der Waals surface area contributed by atoms with Gasteiger partial charge in [-0.15, -0.1) is 0 Å². The zero-order chi connectivity index (χ0) is 15.2. The fourth-order valence-corrected chi connectivity index (χ4v) is 2.36. The zero-order valence-electron chi connectivity index (χ0n) is 11.9. The van der Waals surface area contributed by atoms with Crippen molar-refractivity contribution in [3.05, 3.63) is 58.9 Å². The van der Waals surface area contributed by atoms with Gasteiger partial charge < -0.3 is 10.6 Å². The summed E-state index contributed by atoms with van der Waals surface area (Å²) in [4.78, 5) is 18.3. The van der Waals surface area contributed by atoms with Crippen molar-refractivity contribution in [2.75, 3.05) is 18.8 Å². The summed E-state index contributed by atoms with van der Waals surface area (Å²) in [5.41, 5.74) is 7.85. The van der Waals surface area contributed by atoms with E-state index in [9.17, 15) is 4.79 Å². The first-order valence-corrected chi connectivity index (χ1v) is 7.22. The molecular formula is C16H18ClN3O. The summed E-state index contributed by atoms with van der Waals surface area (Å²) < 4.78 is 0. The van der Waals surface area contributed by atoms with Crippen LogP contribution in [-0.2, 0) is 6.42 Å². The standard InChI is InChI=1S/C16H18ClN3O/c1-2-20(10-7-12-5-8-19-9-6-12)16(21)14-4-3-13(18)11-15(14)17/h3-6,8-9,11H,2,7,10,18H2,1H3. The van der Waals surface area contributed by atoms with E-state index >= 15 is 0 Å². The number of nitrogens with zero attached hydrogens (tertiary/aromatic N) is 2. The maximum Gasteiger partial charge on any atom is 0.255 e. The summed E-state index contributed by atoms with van der Waals surface area (Å²) in [6.45, 7) is 3.22. The Labute approximate surface area is 129 Å². The Morgan fingerprint density at radius 2 is 2.00 bits per heavy atom. The number of hydrogen-bond acceptors (Lipinski definition) is 3. The molecule has 0 saturated carbocycles. The van der Waals surface area contributed by atoms with E-state index in [1.807, 2.05) is 19.1 Å². The number of nitrogen functional groups attached to an aromatic ring is 1. The van der Waals surface area contributed by atoms with Crippen LogP contribution >= 0.6 is 11.6 Å². The molecule has 1 aromatic heterocycles. The third-order valence-corrected chi connectivity index (χ3v) is 3.62. The minimum absolute atomic E-state index is 0.0726. The molecule has 0 saturated heterocycles. The van der Waals surface area contributed by atoms with Crippen LogP contribution in [0.5, 0.6) is 0 Å². The summed E-state index contributed by atoms with van der Waals surface area (Å²) in [6, 6.07) is 8.87. The van der Waals surface area contributed by atoms with Crippen LogP contribution < -0.4 is 5.73 Å². The van der Waals surface area contributed by atoms with Crippen LogP contribution in [-0.4, -0.2) is 28.9 Å². The Morgan fingerprint density at radius 3 is 2.62 bits per heavy atom. The van der Waals surface area contributed by atoms with E-state index in [1.54, 1.807) is 35.5 Å². The Kier molecular flexibility index (Phi) is 5.17. The number of hydrogen-bond donors (Lipinski definition) is 1. The number of rotatable bonds is 5. The van der Waals surface area contributed by atoms with Crippen LogP contribution in [0.1, 0.15) is 22.8 Å². The second-order valence-electron chi connectivity index (χ2n) is 4.73. The monoisotopic (exact) mass is 303 g/mol. The Morgan fingerprint density at radius 1 is 1.29 bits per heavy atom. The molecule has 0 unspecified atom stereocenters. The number of likely N-dealkylation sites (N-methyl/N-ethyl adjacent to an activating group) is 1. The molecule has 1 aromatic carbocycles. The van der Waals surface area contributed by atoms with E-state index in [4.69, 9.17) is 17.3 Å². The highest BCUT2D eigenvalue weighted by Gasteiger charge is 2.17. The minimum Gasteiger partial charge on any atom is -0.399 e. The van der Waals surface area contributed by atoms with Crippen molar-refractivity contribution in [1.29, 1.82) is 0 Å². The first kappa shape index (κ1) is 15.3. The number of amides is 1. The van der Waals surface area contributed by atoms with Crippen molar-refractivity contribution in [2.24, 2.45) is 0 Å². The SMILES string of the molecule is CCN(CCc1ccncc1)C(=O)c1ccc(N)cc1Cl. The van der Waals surface area contributed by atoms with Gasteiger partial charge in [0, 0.05) is 31.2 Å². The van der Waals surface area contributed by atoms with E-state index in [2.05, 4.69) is 4.98 Å². The van der Waals surface area contributed by atoms with Gasteiger partial charge in [-0.25, -0.2) is 0 Å². The fourth-order valence-electron chi connectivity index (χ4n) is 2.09. The number of halogens is 1. The largest absolute Gasteiger partial charge is 0.399 e. The van der Waals surface area contributed by atoms with Gasteiger partial charge in [0.25, 0.3) is 5.91 Å². The molecule has 0 fully saturated rings. The van der Waals surface area contributed by atoms with Gasteiger partial charge in [0.1, 0.15) is 0 Å². The molecule has 0 aliphatic carbocycles. The van der Waals surface area contributed by atoms with Crippen molar-refractivity contribution in [3.63, 3.8) is 0 Å². The zero-order valence-corrected chi connectivity index (χ0v) is 12.7. The Bertz CT molecular complexity index is 616. The van der Waals surface area contributed by atoms with Crippen LogP contribution in [0.25, 0.3) is 0 Å². The van der Waals surface area contributed by atoms with E-state index in [-0.39, 0.29) is 5.91 Å². The van der Waals surface area contributed by atoms with Crippen LogP contribution in [0.15, 0.2) is 42.7 Å². The Hall–Kier alpha value is -2.07. The summed E-state index contributed by atoms with van der Waals surface area (Å²) in [6.07, 6.45) is 4.29. The van der Waals surface area contributed by atoms with Crippen molar-refractivity contribution >= 4 is 23.2 Å². The molecule has 5 heteroatoms. The smallest absolute Gasteiger partial charge is 0.255 e. The first-order valence-electron chi connectivity index (χ1n) is 6.85. The first-order chi connectivity index (χ1) is 10.1. The van der Waals surface area contributed by atoms with Gasteiger partial charge in [-0.1, -0.05) is 11.6 Å². The van der Waals surface area contributed by atoms with Gasteiger partial charge in [-0.05, 0) is 49.2 Å². The minimum atomic E-state index is -0.0726. The molecule has 0 aliphatic rings. The number of anilines is 1. The van der Waals surface area contributed by atoms with Crippen molar-refractivity contribution < 1.29 is 4.79 Å². The molecule has 2 N–H and O–H groups in total. The molecule has 1 heterocycles. The van der Waals surface area contributed by atoms with E-state index < -0.39 is 0 Å². The molecule has 1 amide bonds. The summed E-state index contributed by atoms with van der Waals surface area (Å²) in [7, 11) is 0. The molecule has 0 bridgehead atoms. The average Bonchev–Trinajstić information content (AvgIpc) is 2.48. The van der Waals surface area contributed by atoms with Gasteiger partial charge in [0.15, 0.2) is 0 Å². The average molecular weight is 304 g/mol. The lowest BCUT2D eigenvalue weighted by molar-refractivity contribution is 0.0766. The van der Waals surface area contributed by atoms with Crippen LogP contribution in [0.3, 0.4) is 0 Å². The molecule has 21 heavy (non-hydrogen) atoms. The van der Waals surface area contributed by atoms with Crippen LogP contribution in [0.4, 0.5) is 5.69 Å². The predicted molar refractivity (Wildman–Crippen MR) is 85.4 cm³/mol. The van der Waals surface area contributed by atoms with E-state index in [0.717, 1.165) is 12.0 Å². The second kappa shape index (κ2) is 7.09. The number of aromatic nitrogens is 1. The highest BCUT2D eigenvalue weighted by Crippen LogP contribution is 2.21. The quantitative estimate of drug-likeness (QED) is 0.864. The predicted octanol–water partition coefficient (Wildman–Crippen LogP) is 3.02. The van der Waals surface area contributed by atoms with Crippen molar-refractivity contribution in [2.45, 2.75) is 13.3 Å². The molecule has 2 aromatic rings. The number of carbonyl (C=O) groups excluding carboxylic acids is 1. The summed E-state index contributed by atoms with van der Waals surface area (Å²) in [5, 5.41) is 0.391. The summed E-state index contributed by atoms with van der Waals surface area (Å²) >= 11 is 6.11. The second-order valence-corrected chi connectivity index (χ2v) is 5.14. The third kappa shape index (κ3) is 3.95. The molecule has 0 spiro atoms. The number of benzene rings is 1. The maximum absolute atomic E-state index is 12.5. The molecule has 4 nitrogen and oxygen atoms in total. The van der Waals surface area contributed by atoms with Gasteiger partial charge in [-0.2, -0.15) is 0 Å². The van der Waals surface area contributed by atoms with Crippen LogP contribution in [0.2, 0.25) is 5.02 Å². The number of carbonyl (C=O) groups is 1. The Balaban J connectivity index is 2.08. The molecule has 2 rings (SSSR count). The normalized spacial score (nSPS) is 10.4. The van der Waals surface area contributed by atoms with Crippen LogP contribution in [0, 0.1) is 0 Å².